The molecule has 0 aliphatic carbocycles. The lowest BCUT2D eigenvalue weighted by molar-refractivity contribution is -0.142. The van der Waals surface area contributed by atoms with Gasteiger partial charge in [0.15, 0.2) is 0 Å². The minimum atomic E-state index is -4.42. The number of hydrogen-bond acceptors (Lipinski definition) is 3. The van der Waals surface area contributed by atoms with Crippen LogP contribution in [0.3, 0.4) is 0 Å². The average Bonchev–Trinajstić information content (AvgIpc) is 2.63. The van der Waals surface area contributed by atoms with Gasteiger partial charge in [-0.25, -0.2) is 0 Å². The van der Waals surface area contributed by atoms with Gasteiger partial charge in [0.05, 0.1) is 17.5 Å². The topological polar surface area (TPSA) is 61.4 Å². The van der Waals surface area contributed by atoms with Crippen molar-refractivity contribution in [2.24, 2.45) is 5.92 Å². The molecule has 1 fully saturated rings. The lowest BCUT2D eigenvalue weighted by Crippen LogP contribution is -2.47. The second kappa shape index (κ2) is 9.21. The van der Waals surface area contributed by atoms with E-state index in [2.05, 4.69) is 17.6 Å². The predicted molar refractivity (Wildman–Crippen MR) is 95.8 cm³/mol. The molecule has 1 aromatic rings. The molecular weight excluding hydrogens is 359 g/mol. The summed E-state index contributed by atoms with van der Waals surface area (Å²) in [5.41, 5.74) is -0.221. The first-order chi connectivity index (χ1) is 12.8. The highest BCUT2D eigenvalue weighted by molar-refractivity contribution is 5.84. The van der Waals surface area contributed by atoms with E-state index in [-0.39, 0.29) is 18.2 Å². The number of nitrogens with one attached hydrogen (secondary N) is 2. The molecule has 0 saturated carbocycles. The highest BCUT2D eigenvalue weighted by atomic mass is 19.4. The number of rotatable bonds is 7. The van der Waals surface area contributed by atoms with E-state index in [1.807, 2.05) is 0 Å². The zero-order chi connectivity index (χ0) is 20.0. The zero-order valence-corrected chi connectivity index (χ0v) is 15.6. The van der Waals surface area contributed by atoms with Crippen LogP contribution >= 0.6 is 0 Å². The molecule has 2 N–H and O–H groups in total. The van der Waals surface area contributed by atoms with Crippen molar-refractivity contribution in [3.63, 3.8) is 0 Å². The molecule has 0 aromatic heterocycles. The molecule has 2 atom stereocenters. The van der Waals surface area contributed by atoms with E-state index in [0.29, 0.717) is 25.1 Å². The molecular formula is C19H26F3N3O2. The van der Waals surface area contributed by atoms with Crippen LogP contribution in [0.1, 0.15) is 43.4 Å². The Morgan fingerprint density at radius 1 is 1.19 bits per heavy atom. The molecule has 0 bridgehead atoms. The van der Waals surface area contributed by atoms with Crippen LogP contribution in [0.5, 0.6) is 0 Å². The van der Waals surface area contributed by atoms with Crippen molar-refractivity contribution in [1.82, 2.24) is 15.5 Å². The van der Waals surface area contributed by atoms with Crippen LogP contribution in [-0.2, 0) is 15.8 Å². The third kappa shape index (κ3) is 5.45. The number of benzene rings is 1. The Morgan fingerprint density at radius 3 is 2.44 bits per heavy atom. The summed E-state index contributed by atoms with van der Waals surface area (Å²) in [4.78, 5) is 26.2. The highest BCUT2D eigenvalue weighted by Gasteiger charge is 2.39. The summed E-state index contributed by atoms with van der Waals surface area (Å²) in [6, 6.07) is 4.12. The molecule has 2 amide bonds. The third-order valence-electron chi connectivity index (χ3n) is 4.81. The molecule has 27 heavy (non-hydrogen) atoms. The number of carbonyl (C=O) groups excluding carboxylic acids is 2. The van der Waals surface area contributed by atoms with E-state index in [4.69, 9.17) is 0 Å². The smallest absolute Gasteiger partial charge is 0.355 e. The molecule has 1 aliphatic rings. The normalized spacial score (nSPS) is 20.6. The Bertz CT molecular complexity index is 647. The lowest BCUT2D eigenvalue weighted by Gasteiger charge is -2.38. The third-order valence-corrected chi connectivity index (χ3v) is 4.81. The summed E-state index contributed by atoms with van der Waals surface area (Å²) in [5.74, 6) is -0.790. The van der Waals surface area contributed by atoms with Crippen LogP contribution in [0.2, 0.25) is 0 Å². The number of halogens is 3. The quantitative estimate of drug-likeness (QED) is 0.710. The molecule has 2 rings (SSSR count). The van der Waals surface area contributed by atoms with Gasteiger partial charge in [-0.15, -0.1) is 0 Å². The average molecular weight is 385 g/mol. The minimum absolute atomic E-state index is 0.117. The maximum Gasteiger partial charge on any atom is 0.416 e. The maximum absolute atomic E-state index is 12.8. The van der Waals surface area contributed by atoms with Crippen molar-refractivity contribution < 1.29 is 22.8 Å². The predicted octanol–water partition coefficient (Wildman–Crippen LogP) is 2.73. The molecule has 0 spiro atoms. The summed E-state index contributed by atoms with van der Waals surface area (Å²) in [6.45, 7) is 4.03. The standard InChI is InChI=1S/C19H26F3N3O2/c1-3-10-23-11-12-24-18(27)15-8-9-16(26)25(2)17(15)13-4-6-14(7-5-13)19(20,21)22/h4-7,15,17,23H,3,8-12H2,1-2H3,(H,24,27). The molecule has 8 heteroatoms. The van der Waals surface area contributed by atoms with Crippen LogP contribution in [0.15, 0.2) is 24.3 Å². The molecule has 1 saturated heterocycles. The molecule has 5 nitrogen and oxygen atoms in total. The van der Waals surface area contributed by atoms with Crippen molar-refractivity contribution in [3.05, 3.63) is 35.4 Å². The van der Waals surface area contributed by atoms with Crippen molar-refractivity contribution in [2.45, 2.75) is 38.4 Å². The molecule has 0 radical (unpaired) electrons. The van der Waals surface area contributed by atoms with Gasteiger partial charge < -0.3 is 15.5 Å². The summed E-state index contributed by atoms with van der Waals surface area (Å²) >= 11 is 0. The number of amides is 2. The van der Waals surface area contributed by atoms with E-state index in [1.54, 1.807) is 7.05 Å². The number of carbonyl (C=O) groups is 2. The monoisotopic (exact) mass is 385 g/mol. The van der Waals surface area contributed by atoms with E-state index < -0.39 is 23.7 Å². The molecule has 1 aromatic carbocycles. The van der Waals surface area contributed by atoms with Gasteiger partial charge in [0.2, 0.25) is 11.8 Å². The number of nitrogens with zero attached hydrogens (tertiary/aromatic N) is 1. The van der Waals surface area contributed by atoms with Crippen molar-refractivity contribution in [3.8, 4) is 0 Å². The van der Waals surface area contributed by atoms with Crippen LogP contribution in [0.25, 0.3) is 0 Å². The molecule has 2 unspecified atom stereocenters. The summed E-state index contributed by atoms with van der Waals surface area (Å²) in [6.07, 6.45) is -2.79. The van der Waals surface area contributed by atoms with Gasteiger partial charge in [0.1, 0.15) is 0 Å². The second-order valence-corrected chi connectivity index (χ2v) is 6.76. The fraction of sp³-hybridized carbons (Fsp3) is 0.579. The Morgan fingerprint density at radius 2 is 1.85 bits per heavy atom. The minimum Gasteiger partial charge on any atom is -0.355 e. The first kappa shape index (κ1) is 21.2. The largest absolute Gasteiger partial charge is 0.416 e. The van der Waals surface area contributed by atoms with Crippen LogP contribution < -0.4 is 10.6 Å². The van der Waals surface area contributed by atoms with Gasteiger partial charge in [-0.05, 0) is 37.1 Å². The lowest BCUT2D eigenvalue weighted by atomic mass is 9.83. The Balaban J connectivity index is 2.13. The number of alkyl halides is 3. The van der Waals surface area contributed by atoms with Crippen LogP contribution in [0.4, 0.5) is 13.2 Å². The fourth-order valence-electron chi connectivity index (χ4n) is 3.34. The number of piperidine rings is 1. The molecule has 1 heterocycles. The Labute approximate surface area is 157 Å². The van der Waals surface area contributed by atoms with Gasteiger partial charge in [0.25, 0.3) is 0 Å². The van der Waals surface area contributed by atoms with Gasteiger partial charge >= 0.3 is 6.18 Å². The first-order valence-corrected chi connectivity index (χ1v) is 9.17. The zero-order valence-electron chi connectivity index (χ0n) is 15.6. The second-order valence-electron chi connectivity index (χ2n) is 6.76. The maximum atomic E-state index is 12.8. The van der Waals surface area contributed by atoms with Gasteiger partial charge in [0, 0.05) is 26.6 Å². The summed E-state index contributed by atoms with van der Waals surface area (Å²) in [7, 11) is 1.59. The Hall–Kier alpha value is -2.09. The fourth-order valence-corrected chi connectivity index (χ4v) is 3.34. The Kier molecular flexibility index (Phi) is 7.24. The van der Waals surface area contributed by atoms with Crippen molar-refractivity contribution in [2.75, 3.05) is 26.7 Å². The van der Waals surface area contributed by atoms with E-state index >= 15 is 0 Å². The number of hydrogen-bond donors (Lipinski definition) is 2. The molecule has 1 aliphatic heterocycles. The van der Waals surface area contributed by atoms with Crippen molar-refractivity contribution >= 4 is 11.8 Å². The van der Waals surface area contributed by atoms with Crippen LogP contribution in [-0.4, -0.2) is 43.4 Å². The molecule has 150 valence electrons. The van der Waals surface area contributed by atoms with E-state index in [9.17, 15) is 22.8 Å². The van der Waals surface area contributed by atoms with E-state index in [1.165, 1.54) is 17.0 Å². The number of likely N-dealkylation sites (tertiary alicyclic amines) is 1. The summed E-state index contributed by atoms with van der Waals surface area (Å²) < 4.78 is 38.4. The van der Waals surface area contributed by atoms with Crippen molar-refractivity contribution in [1.29, 1.82) is 0 Å². The van der Waals surface area contributed by atoms with Crippen LogP contribution in [0, 0.1) is 5.92 Å². The first-order valence-electron chi connectivity index (χ1n) is 9.17. The SMILES string of the molecule is CCCNCCNC(=O)C1CCC(=O)N(C)C1c1ccc(C(F)(F)F)cc1. The highest BCUT2D eigenvalue weighted by Crippen LogP contribution is 2.37. The van der Waals surface area contributed by atoms with Gasteiger partial charge in [-0.1, -0.05) is 19.1 Å². The van der Waals surface area contributed by atoms with E-state index in [0.717, 1.165) is 25.1 Å². The van der Waals surface area contributed by atoms with Gasteiger partial charge in [-0.3, -0.25) is 9.59 Å². The summed E-state index contributed by atoms with van der Waals surface area (Å²) in [5, 5.41) is 6.05. The van der Waals surface area contributed by atoms with Gasteiger partial charge in [-0.2, -0.15) is 13.2 Å².